The molecule has 4 amide bonds. The van der Waals surface area contributed by atoms with E-state index in [0.29, 0.717) is 6.42 Å². The van der Waals surface area contributed by atoms with Crippen LogP contribution < -0.4 is 20.7 Å². The van der Waals surface area contributed by atoms with Crippen molar-refractivity contribution in [2.45, 2.75) is 30.7 Å². The maximum Gasteiger partial charge on any atom is 0.322 e. The zero-order chi connectivity index (χ0) is 18.4. The number of amides is 4. The molecule has 0 bridgehead atoms. The molecule has 0 aliphatic carbocycles. The number of imide groups is 1. The second-order valence-electron chi connectivity index (χ2n) is 5.63. The zero-order valence-electron chi connectivity index (χ0n) is 13.7. The minimum Gasteiger partial charge on any atom is -0.356 e. The molecule has 1 aromatic carbocycles. The maximum absolute atomic E-state index is 12.1. The second kappa shape index (κ2) is 8.08. The Balaban J connectivity index is 1.67. The number of urea groups is 1. The first-order chi connectivity index (χ1) is 11.8. The van der Waals surface area contributed by atoms with Crippen LogP contribution in [0.5, 0.6) is 0 Å². The fraction of sp³-hybridized carbons (Fsp3) is 0.400. The van der Waals surface area contributed by atoms with Gasteiger partial charge in [-0.15, -0.1) is 0 Å². The number of aryl methyl sites for hydroxylation is 1. The molecule has 0 aromatic heterocycles. The van der Waals surface area contributed by atoms with Crippen molar-refractivity contribution >= 4 is 27.9 Å². The van der Waals surface area contributed by atoms with E-state index in [1.54, 1.807) is 12.1 Å². The Hall–Kier alpha value is -2.46. The van der Waals surface area contributed by atoms with Crippen molar-refractivity contribution < 1.29 is 22.8 Å². The van der Waals surface area contributed by atoms with E-state index in [4.69, 9.17) is 0 Å². The van der Waals surface area contributed by atoms with Crippen molar-refractivity contribution in [3.63, 3.8) is 0 Å². The van der Waals surface area contributed by atoms with E-state index in [0.717, 1.165) is 5.56 Å². The Kier molecular flexibility index (Phi) is 6.10. The average molecular weight is 368 g/mol. The van der Waals surface area contributed by atoms with Crippen molar-refractivity contribution in [1.29, 1.82) is 0 Å². The molecule has 0 radical (unpaired) electrons. The van der Waals surface area contributed by atoms with Gasteiger partial charge < -0.3 is 10.6 Å². The molecule has 9 nitrogen and oxygen atoms in total. The summed E-state index contributed by atoms with van der Waals surface area (Å²) in [6, 6.07) is 5.00. The van der Waals surface area contributed by atoms with Gasteiger partial charge in [0.2, 0.25) is 15.9 Å². The van der Waals surface area contributed by atoms with Gasteiger partial charge in [0.05, 0.1) is 11.3 Å². The van der Waals surface area contributed by atoms with Crippen LogP contribution in [0.15, 0.2) is 29.2 Å². The average Bonchev–Trinajstić information content (AvgIpc) is 2.84. The van der Waals surface area contributed by atoms with Gasteiger partial charge in [-0.25, -0.2) is 17.9 Å². The molecule has 136 valence electrons. The van der Waals surface area contributed by atoms with Gasteiger partial charge in [-0.1, -0.05) is 17.7 Å². The normalized spacial score (nSPS) is 17.1. The Labute approximate surface area is 145 Å². The molecule has 1 aliphatic rings. The van der Waals surface area contributed by atoms with Crippen LogP contribution in [0.25, 0.3) is 0 Å². The number of carbonyl (C=O) groups is 3. The molecule has 1 saturated heterocycles. The SMILES string of the molecule is Cc1ccc(S(=O)(=O)NCCCNC(=O)CC2NC(=O)NC2=O)cc1. The number of hydrogen-bond acceptors (Lipinski definition) is 5. The van der Waals surface area contributed by atoms with Crippen molar-refractivity contribution in [3.05, 3.63) is 29.8 Å². The minimum atomic E-state index is -3.57. The monoisotopic (exact) mass is 368 g/mol. The quantitative estimate of drug-likeness (QED) is 0.358. The molecule has 10 heteroatoms. The third kappa shape index (κ3) is 5.54. The highest BCUT2D eigenvalue weighted by Crippen LogP contribution is 2.09. The van der Waals surface area contributed by atoms with Gasteiger partial charge >= 0.3 is 6.03 Å². The van der Waals surface area contributed by atoms with E-state index >= 15 is 0 Å². The van der Waals surface area contributed by atoms with Crippen LogP contribution in [0, 0.1) is 6.92 Å². The van der Waals surface area contributed by atoms with Gasteiger partial charge in [0, 0.05) is 13.1 Å². The Morgan fingerprint density at radius 1 is 1.16 bits per heavy atom. The number of hydrogen-bond donors (Lipinski definition) is 4. The van der Waals surface area contributed by atoms with Crippen molar-refractivity contribution in [2.75, 3.05) is 13.1 Å². The van der Waals surface area contributed by atoms with E-state index < -0.39 is 33.9 Å². The third-order valence-corrected chi connectivity index (χ3v) is 5.02. The molecule has 0 saturated carbocycles. The number of rotatable bonds is 8. The van der Waals surface area contributed by atoms with Crippen LogP contribution >= 0.6 is 0 Å². The first-order valence-corrected chi connectivity index (χ1v) is 9.20. The maximum atomic E-state index is 12.1. The van der Waals surface area contributed by atoms with Crippen LogP contribution in [-0.2, 0) is 19.6 Å². The summed E-state index contributed by atoms with van der Waals surface area (Å²) in [6.07, 6.45) is 0.229. The zero-order valence-corrected chi connectivity index (χ0v) is 14.5. The number of nitrogens with one attached hydrogen (secondary N) is 4. The van der Waals surface area contributed by atoms with Gasteiger partial charge in [0.25, 0.3) is 5.91 Å². The topological polar surface area (TPSA) is 133 Å². The Morgan fingerprint density at radius 2 is 1.84 bits per heavy atom. The lowest BCUT2D eigenvalue weighted by Gasteiger charge is -2.09. The fourth-order valence-corrected chi connectivity index (χ4v) is 3.26. The fourth-order valence-electron chi connectivity index (χ4n) is 2.18. The van der Waals surface area contributed by atoms with Crippen molar-refractivity contribution in [3.8, 4) is 0 Å². The predicted octanol–water partition coefficient (Wildman–Crippen LogP) is -0.622. The summed E-state index contributed by atoms with van der Waals surface area (Å²) in [7, 11) is -3.57. The van der Waals surface area contributed by atoms with Crippen LogP contribution in [0.2, 0.25) is 0 Å². The molecule has 1 unspecified atom stereocenters. The molecule has 1 atom stereocenters. The lowest BCUT2D eigenvalue weighted by Crippen LogP contribution is -2.37. The molecule has 1 aromatic rings. The van der Waals surface area contributed by atoms with Crippen LogP contribution in [0.3, 0.4) is 0 Å². The standard InChI is InChI=1S/C15H20N4O5S/c1-10-3-5-11(6-4-10)25(23,24)17-8-2-7-16-13(20)9-12-14(21)19-15(22)18-12/h3-6,12,17H,2,7-9H2,1H3,(H,16,20)(H2,18,19,21,22). The summed E-state index contributed by atoms with van der Waals surface area (Å²) in [4.78, 5) is 34.1. The highest BCUT2D eigenvalue weighted by atomic mass is 32.2. The molecular weight excluding hydrogens is 348 g/mol. The molecule has 1 heterocycles. The van der Waals surface area contributed by atoms with Crippen LogP contribution in [-0.4, -0.2) is 45.4 Å². The van der Waals surface area contributed by atoms with E-state index in [1.807, 2.05) is 12.2 Å². The van der Waals surface area contributed by atoms with E-state index in [-0.39, 0.29) is 24.4 Å². The molecule has 0 spiro atoms. The Morgan fingerprint density at radius 3 is 2.44 bits per heavy atom. The summed E-state index contributed by atoms with van der Waals surface area (Å²) in [6.45, 7) is 2.28. The number of carbonyl (C=O) groups excluding carboxylic acids is 3. The third-order valence-electron chi connectivity index (χ3n) is 3.55. The molecule has 2 rings (SSSR count). The molecule has 1 fully saturated rings. The summed E-state index contributed by atoms with van der Waals surface area (Å²) in [5.74, 6) is -0.935. The van der Waals surface area contributed by atoms with Crippen LogP contribution in [0.1, 0.15) is 18.4 Å². The predicted molar refractivity (Wildman–Crippen MR) is 89.1 cm³/mol. The highest BCUT2D eigenvalue weighted by molar-refractivity contribution is 7.89. The van der Waals surface area contributed by atoms with Gasteiger partial charge in [-0.3, -0.25) is 14.9 Å². The molecule has 25 heavy (non-hydrogen) atoms. The van der Waals surface area contributed by atoms with E-state index in [9.17, 15) is 22.8 Å². The number of benzene rings is 1. The largest absolute Gasteiger partial charge is 0.356 e. The molecule has 1 aliphatic heterocycles. The van der Waals surface area contributed by atoms with Crippen LogP contribution in [0.4, 0.5) is 4.79 Å². The van der Waals surface area contributed by atoms with Gasteiger partial charge in [0.15, 0.2) is 0 Å². The highest BCUT2D eigenvalue weighted by Gasteiger charge is 2.31. The van der Waals surface area contributed by atoms with Gasteiger partial charge in [-0.05, 0) is 25.5 Å². The lowest BCUT2D eigenvalue weighted by molar-refractivity contribution is -0.126. The van der Waals surface area contributed by atoms with Crippen molar-refractivity contribution in [2.24, 2.45) is 0 Å². The minimum absolute atomic E-state index is 0.160. The van der Waals surface area contributed by atoms with Gasteiger partial charge in [-0.2, -0.15) is 0 Å². The van der Waals surface area contributed by atoms with Crippen molar-refractivity contribution in [1.82, 2.24) is 20.7 Å². The summed E-state index contributed by atoms with van der Waals surface area (Å²) >= 11 is 0. The first kappa shape index (κ1) is 18.9. The van der Waals surface area contributed by atoms with E-state index in [1.165, 1.54) is 12.1 Å². The lowest BCUT2D eigenvalue weighted by atomic mass is 10.2. The van der Waals surface area contributed by atoms with Gasteiger partial charge in [0.1, 0.15) is 6.04 Å². The summed E-state index contributed by atoms with van der Waals surface area (Å²) < 4.78 is 26.6. The molecular formula is C15H20N4O5S. The smallest absolute Gasteiger partial charge is 0.322 e. The van der Waals surface area contributed by atoms with E-state index in [2.05, 4.69) is 15.4 Å². The summed E-state index contributed by atoms with van der Waals surface area (Å²) in [5, 5.41) is 6.94. The second-order valence-corrected chi connectivity index (χ2v) is 7.40. The number of sulfonamides is 1. The Bertz CT molecular complexity index is 761. The summed E-state index contributed by atoms with van der Waals surface area (Å²) in [5.41, 5.74) is 0.966. The molecule has 4 N–H and O–H groups in total. The first-order valence-electron chi connectivity index (χ1n) is 7.72.